The highest BCUT2D eigenvalue weighted by Gasteiger charge is 2.22. The van der Waals surface area contributed by atoms with E-state index in [4.69, 9.17) is 0 Å². The lowest BCUT2D eigenvalue weighted by molar-refractivity contribution is -0.117. The number of aromatic amines is 1. The van der Waals surface area contributed by atoms with E-state index in [1.54, 1.807) is 4.90 Å². The number of benzene rings is 2. The molecular weight excluding hydrogens is 328 g/mol. The Balaban J connectivity index is 1.53. The standard InChI is InChI=1S/C20H20N4O2/c1-13(14-6-4-7-15(12-14)24-11-5-10-18(24)25)21-20(26)19-16-8-2-3-9-17(16)22-23-19/h2-4,6-9,12-13H,5,10-11H2,1H3,(H,21,26)(H,22,23)/t13-/m0/s1. The minimum atomic E-state index is -0.224. The Morgan fingerprint density at radius 3 is 2.88 bits per heavy atom. The summed E-state index contributed by atoms with van der Waals surface area (Å²) in [6, 6.07) is 15.1. The zero-order valence-electron chi connectivity index (χ0n) is 14.5. The fourth-order valence-corrected chi connectivity index (χ4v) is 3.37. The molecule has 0 bridgehead atoms. The molecule has 0 spiro atoms. The highest BCUT2D eigenvalue weighted by Crippen LogP contribution is 2.25. The van der Waals surface area contributed by atoms with Crippen molar-refractivity contribution >= 4 is 28.4 Å². The topological polar surface area (TPSA) is 78.1 Å². The van der Waals surface area contributed by atoms with Crippen LogP contribution in [-0.4, -0.2) is 28.6 Å². The van der Waals surface area contributed by atoms with Gasteiger partial charge in [-0.15, -0.1) is 0 Å². The summed E-state index contributed by atoms with van der Waals surface area (Å²) in [5.74, 6) is -0.0700. The van der Waals surface area contributed by atoms with Crippen LogP contribution in [0, 0.1) is 0 Å². The molecule has 2 amide bonds. The van der Waals surface area contributed by atoms with Gasteiger partial charge in [-0.3, -0.25) is 14.7 Å². The molecule has 1 aliphatic heterocycles. The first kappa shape index (κ1) is 16.3. The Kier molecular flexibility index (Phi) is 4.16. The van der Waals surface area contributed by atoms with E-state index in [2.05, 4.69) is 15.5 Å². The van der Waals surface area contributed by atoms with Crippen LogP contribution in [0.5, 0.6) is 0 Å². The maximum atomic E-state index is 12.6. The molecule has 26 heavy (non-hydrogen) atoms. The van der Waals surface area contributed by atoms with Gasteiger partial charge in [-0.25, -0.2) is 0 Å². The molecule has 3 aromatic rings. The first-order chi connectivity index (χ1) is 12.6. The Bertz CT molecular complexity index is 979. The van der Waals surface area contributed by atoms with Gasteiger partial charge in [0.1, 0.15) is 0 Å². The molecule has 1 aliphatic rings. The number of para-hydroxylation sites is 1. The van der Waals surface area contributed by atoms with E-state index in [9.17, 15) is 9.59 Å². The van der Waals surface area contributed by atoms with Crippen LogP contribution in [0.4, 0.5) is 5.69 Å². The highest BCUT2D eigenvalue weighted by atomic mass is 16.2. The third-order valence-corrected chi connectivity index (χ3v) is 4.79. The van der Waals surface area contributed by atoms with Crippen LogP contribution in [0.25, 0.3) is 10.9 Å². The SMILES string of the molecule is C[C@H](NC(=O)c1n[nH]c2ccccc12)c1cccc(N2CCCC2=O)c1. The van der Waals surface area contributed by atoms with Crippen molar-refractivity contribution in [1.29, 1.82) is 0 Å². The maximum Gasteiger partial charge on any atom is 0.272 e. The molecule has 0 aliphatic carbocycles. The summed E-state index contributed by atoms with van der Waals surface area (Å²) < 4.78 is 0. The largest absolute Gasteiger partial charge is 0.344 e. The fraction of sp³-hybridized carbons (Fsp3) is 0.250. The molecule has 0 saturated carbocycles. The molecule has 1 aromatic heterocycles. The van der Waals surface area contributed by atoms with Gasteiger partial charge in [0.05, 0.1) is 11.6 Å². The van der Waals surface area contributed by atoms with Crippen molar-refractivity contribution in [2.75, 3.05) is 11.4 Å². The van der Waals surface area contributed by atoms with Crippen molar-refractivity contribution in [1.82, 2.24) is 15.5 Å². The molecule has 1 atom stereocenters. The van der Waals surface area contributed by atoms with Crippen molar-refractivity contribution in [3.05, 3.63) is 59.8 Å². The highest BCUT2D eigenvalue weighted by molar-refractivity contribution is 6.04. The predicted octanol–water partition coefficient (Wildman–Crippen LogP) is 3.18. The predicted molar refractivity (Wildman–Crippen MR) is 100 cm³/mol. The van der Waals surface area contributed by atoms with Crippen LogP contribution in [0.2, 0.25) is 0 Å². The third-order valence-electron chi connectivity index (χ3n) is 4.79. The van der Waals surface area contributed by atoms with E-state index < -0.39 is 0 Å². The molecule has 0 unspecified atom stereocenters. The summed E-state index contributed by atoms with van der Waals surface area (Å²) in [6.07, 6.45) is 1.49. The normalized spacial score (nSPS) is 15.4. The first-order valence-corrected chi connectivity index (χ1v) is 8.78. The Hall–Kier alpha value is -3.15. The number of anilines is 1. The number of aromatic nitrogens is 2. The second kappa shape index (κ2) is 6.63. The van der Waals surface area contributed by atoms with Crippen molar-refractivity contribution in [3.63, 3.8) is 0 Å². The van der Waals surface area contributed by atoms with Gasteiger partial charge in [-0.05, 0) is 37.1 Å². The molecule has 6 heteroatoms. The van der Waals surface area contributed by atoms with E-state index in [-0.39, 0.29) is 17.9 Å². The first-order valence-electron chi connectivity index (χ1n) is 8.78. The second-order valence-corrected chi connectivity index (χ2v) is 6.56. The van der Waals surface area contributed by atoms with Gasteiger partial charge in [0, 0.05) is 24.0 Å². The minimum Gasteiger partial charge on any atom is -0.344 e. The number of rotatable bonds is 4. The number of nitrogens with zero attached hydrogens (tertiary/aromatic N) is 2. The van der Waals surface area contributed by atoms with Crippen molar-refractivity contribution < 1.29 is 9.59 Å². The number of fused-ring (bicyclic) bond motifs is 1. The molecule has 2 N–H and O–H groups in total. The lowest BCUT2D eigenvalue weighted by Crippen LogP contribution is -2.28. The quantitative estimate of drug-likeness (QED) is 0.760. The molecule has 2 aromatic carbocycles. The molecular formula is C20H20N4O2. The van der Waals surface area contributed by atoms with Crippen LogP contribution < -0.4 is 10.2 Å². The van der Waals surface area contributed by atoms with Gasteiger partial charge in [0.2, 0.25) is 5.91 Å². The fourth-order valence-electron chi connectivity index (χ4n) is 3.37. The third kappa shape index (κ3) is 2.94. The zero-order valence-corrected chi connectivity index (χ0v) is 14.5. The lowest BCUT2D eigenvalue weighted by Gasteiger charge is -2.19. The number of nitrogens with one attached hydrogen (secondary N) is 2. The maximum absolute atomic E-state index is 12.6. The Morgan fingerprint density at radius 1 is 1.23 bits per heavy atom. The Labute approximate surface area is 151 Å². The molecule has 132 valence electrons. The number of H-pyrrole nitrogens is 1. The van der Waals surface area contributed by atoms with Gasteiger partial charge in [-0.1, -0.05) is 30.3 Å². The van der Waals surface area contributed by atoms with Gasteiger partial charge in [0.15, 0.2) is 5.69 Å². The summed E-state index contributed by atoms with van der Waals surface area (Å²) in [5.41, 5.74) is 3.06. The molecule has 1 fully saturated rings. The number of amides is 2. The average Bonchev–Trinajstić information content (AvgIpc) is 3.28. The average molecular weight is 348 g/mol. The van der Waals surface area contributed by atoms with E-state index in [0.29, 0.717) is 12.1 Å². The van der Waals surface area contributed by atoms with Gasteiger partial charge >= 0.3 is 0 Å². The summed E-state index contributed by atoms with van der Waals surface area (Å²) >= 11 is 0. The van der Waals surface area contributed by atoms with E-state index >= 15 is 0 Å². The second-order valence-electron chi connectivity index (χ2n) is 6.56. The van der Waals surface area contributed by atoms with Gasteiger partial charge in [0.25, 0.3) is 5.91 Å². The summed E-state index contributed by atoms with van der Waals surface area (Å²) in [7, 11) is 0. The van der Waals surface area contributed by atoms with E-state index in [1.807, 2.05) is 55.5 Å². The van der Waals surface area contributed by atoms with Crippen LogP contribution >= 0.6 is 0 Å². The molecule has 6 nitrogen and oxygen atoms in total. The number of carbonyl (C=O) groups is 2. The monoisotopic (exact) mass is 348 g/mol. The molecule has 1 saturated heterocycles. The minimum absolute atomic E-state index is 0.154. The zero-order chi connectivity index (χ0) is 18.1. The summed E-state index contributed by atoms with van der Waals surface area (Å²) in [4.78, 5) is 26.4. The summed E-state index contributed by atoms with van der Waals surface area (Å²) in [5, 5.41) is 10.8. The van der Waals surface area contributed by atoms with E-state index in [0.717, 1.165) is 35.1 Å². The smallest absolute Gasteiger partial charge is 0.272 e. The van der Waals surface area contributed by atoms with Gasteiger partial charge < -0.3 is 10.2 Å². The van der Waals surface area contributed by atoms with E-state index in [1.165, 1.54) is 0 Å². The molecule has 0 radical (unpaired) electrons. The van der Waals surface area contributed by atoms with Crippen LogP contribution in [-0.2, 0) is 4.79 Å². The molecule has 2 heterocycles. The van der Waals surface area contributed by atoms with Crippen molar-refractivity contribution in [2.45, 2.75) is 25.8 Å². The number of hydrogen-bond acceptors (Lipinski definition) is 3. The van der Waals surface area contributed by atoms with Crippen molar-refractivity contribution in [2.24, 2.45) is 0 Å². The lowest BCUT2D eigenvalue weighted by atomic mass is 10.1. The van der Waals surface area contributed by atoms with Gasteiger partial charge in [-0.2, -0.15) is 5.10 Å². The molecule has 4 rings (SSSR count). The Morgan fingerprint density at radius 2 is 2.08 bits per heavy atom. The van der Waals surface area contributed by atoms with Crippen LogP contribution in [0.15, 0.2) is 48.5 Å². The van der Waals surface area contributed by atoms with Crippen molar-refractivity contribution in [3.8, 4) is 0 Å². The number of hydrogen-bond donors (Lipinski definition) is 2. The van der Waals surface area contributed by atoms with Crippen LogP contribution in [0.1, 0.15) is 41.9 Å². The van der Waals surface area contributed by atoms with Crippen LogP contribution in [0.3, 0.4) is 0 Å². The number of carbonyl (C=O) groups excluding carboxylic acids is 2. The summed E-state index contributed by atoms with van der Waals surface area (Å²) in [6.45, 7) is 2.68.